The van der Waals surface area contributed by atoms with Crippen molar-refractivity contribution >= 4 is 17.8 Å². The molecule has 1 amide bonds. The van der Waals surface area contributed by atoms with Gasteiger partial charge in [-0.05, 0) is 98.2 Å². The molecule has 5 aliphatic carbocycles. The molecular formula is C35H55NO9. The van der Waals surface area contributed by atoms with E-state index in [4.69, 9.17) is 24.3 Å². The summed E-state index contributed by atoms with van der Waals surface area (Å²) < 4.78 is 10.9. The molecule has 0 radical (unpaired) electrons. The molecule has 0 aromatic rings. The van der Waals surface area contributed by atoms with Gasteiger partial charge in [-0.2, -0.15) is 19.6 Å². The van der Waals surface area contributed by atoms with Crippen molar-refractivity contribution < 1.29 is 43.4 Å². The number of nitrogens with one attached hydrogen (secondary N) is 1. The van der Waals surface area contributed by atoms with Crippen LogP contribution in [0.25, 0.3) is 0 Å². The van der Waals surface area contributed by atoms with Crippen LogP contribution in [0.1, 0.15) is 124 Å². The van der Waals surface area contributed by atoms with Crippen LogP contribution in [0.2, 0.25) is 0 Å². The lowest BCUT2D eigenvalue weighted by molar-refractivity contribution is -0.665. The Kier molecular flexibility index (Phi) is 9.36. The highest BCUT2D eigenvalue weighted by molar-refractivity contribution is 5.81. The average molecular weight is 634 g/mol. The first kappa shape index (κ1) is 33.2. The second kappa shape index (κ2) is 12.7. The summed E-state index contributed by atoms with van der Waals surface area (Å²) in [5.41, 5.74) is 0.216. The van der Waals surface area contributed by atoms with Crippen LogP contribution in [0.15, 0.2) is 0 Å². The van der Waals surface area contributed by atoms with Crippen molar-refractivity contribution in [3.63, 3.8) is 0 Å². The first-order valence-corrected chi connectivity index (χ1v) is 17.7. The standard InChI is InChI=1S/C35H55NO9/c1-22(9-12-29(38)36-21-30(39)40-5)25-10-11-26-31-27(13-16-33(25,26)4)32(3)17-18-35(20-24(32)19-28(31)41-23(2)37)44-42-34(43-45-35)14-7-6-8-15-34/h22,24-28,31H,6-21H2,1-5H3,(H,36,38)/t22-,24-,25-,26+,27+,28-,31+,32+,33-/m1/s1. The second-order valence-corrected chi connectivity index (χ2v) is 15.9. The van der Waals surface area contributed by atoms with Crippen LogP contribution in [0, 0.1) is 46.3 Å². The lowest BCUT2D eigenvalue weighted by Crippen LogP contribution is -2.62. The molecule has 45 heavy (non-hydrogen) atoms. The van der Waals surface area contributed by atoms with Gasteiger partial charge in [0, 0.05) is 44.9 Å². The number of rotatable bonds is 7. The van der Waals surface area contributed by atoms with Gasteiger partial charge in [-0.1, -0.05) is 27.2 Å². The van der Waals surface area contributed by atoms with Gasteiger partial charge in [0.1, 0.15) is 12.6 Å². The summed E-state index contributed by atoms with van der Waals surface area (Å²) in [6.45, 7) is 8.66. The zero-order chi connectivity index (χ0) is 32.0. The van der Waals surface area contributed by atoms with E-state index in [2.05, 4.69) is 30.8 Å². The largest absolute Gasteiger partial charge is 0.468 e. The molecule has 2 spiro atoms. The van der Waals surface area contributed by atoms with Gasteiger partial charge in [-0.25, -0.2) is 0 Å². The predicted octanol–water partition coefficient (Wildman–Crippen LogP) is 6.16. The molecule has 0 bridgehead atoms. The van der Waals surface area contributed by atoms with Crippen molar-refractivity contribution in [2.45, 2.75) is 142 Å². The van der Waals surface area contributed by atoms with E-state index < -0.39 is 17.5 Å². The molecule has 0 aromatic carbocycles. The number of carbonyl (C=O) groups is 3. The smallest absolute Gasteiger partial charge is 0.325 e. The molecule has 1 aliphatic heterocycles. The van der Waals surface area contributed by atoms with Crippen LogP contribution in [-0.4, -0.2) is 49.2 Å². The van der Waals surface area contributed by atoms with Crippen molar-refractivity contribution in [3.8, 4) is 0 Å². The Hall–Kier alpha value is -1.75. The maximum atomic E-state index is 12.5. The van der Waals surface area contributed by atoms with Gasteiger partial charge in [0.15, 0.2) is 0 Å². The van der Waals surface area contributed by atoms with Crippen LogP contribution in [0.4, 0.5) is 0 Å². The van der Waals surface area contributed by atoms with Gasteiger partial charge >= 0.3 is 11.9 Å². The minimum atomic E-state index is -0.916. The minimum absolute atomic E-state index is 0.0853. The Labute approximate surface area is 268 Å². The molecule has 10 heteroatoms. The molecular weight excluding hydrogens is 578 g/mol. The minimum Gasteiger partial charge on any atom is -0.468 e. The molecule has 6 aliphatic rings. The molecule has 6 rings (SSSR count). The fraction of sp³-hybridized carbons (Fsp3) is 0.914. The van der Waals surface area contributed by atoms with Gasteiger partial charge in [0.2, 0.25) is 17.5 Å². The van der Waals surface area contributed by atoms with E-state index in [1.54, 1.807) is 0 Å². The Bertz CT molecular complexity index is 1110. The topological polar surface area (TPSA) is 119 Å². The van der Waals surface area contributed by atoms with Crippen LogP contribution >= 0.6 is 0 Å². The molecule has 1 N–H and O–H groups in total. The second-order valence-electron chi connectivity index (χ2n) is 15.9. The number of carbonyl (C=O) groups excluding carboxylic acids is 3. The Morgan fingerprint density at radius 1 is 0.867 bits per heavy atom. The number of esters is 2. The van der Waals surface area contributed by atoms with Gasteiger partial charge in [-0.15, -0.1) is 0 Å². The first-order chi connectivity index (χ1) is 21.4. The highest BCUT2D eigenvalue weighted by Gasteiger charge is 2.66. The highest BCUT2D eigenvalue weighted by Crippen LogP contribution is 2.69. The lowest BCUT2D eigenvalue weighted by Gasteiger charge is -2.64. The summed E-state index contributed by atoms with van der Waals surface area (Å²) in [6.07, 6.45) is 13.5. The summed E-state index contributed by atoms with van der Waals surface area (Å²) in [5, 5.41) is 2.68. The third-order valence-corrected chi connectivity index (χ3v) is 13.5. The van der Waals surface area contributed by atoms with E-state index in [-0.39, 0.29) is 41.3 Å². The summed E-state index contributed by atoms with van der Waals surface area (Å²) in [4.78, 5) is 60.7. The summed E-state index contributed by atoms with van der Waals surface area (Å²) in [7, 11) is 1.32. The quantitative estimate of drug-likeness (QED) is 0.260. The predicted molar refractivity (Wildman–Crippen MR) is 162 cm³/mol. The monoisotopic (exact) mass is 633 g/mol. The SMILES string of the molecule is COC(=O)CNC(=O)CC[C@@H](C)[C@H]1CC[C@H]2[C@@H]3[C@H](OC(C)=O)C[C@@H]4CC5(CC[C@]4(C)[C@H]3CC[C@]12C)OOC1(CCCCC1)OO5. The normalized spacial score (nSPS) is 40.5. The number of fused-ring (bicyclic) bond motifs is 5. The van der Waals surface area contributed by atoms with Crippen LogP contribution in [0.5, 0.6) is 0 Å². The maximum absolute atomic E-state index is 12.5. The maximum Gasteiger partial charge on any atom is 0.325 e. The van der Waals surface area contributed by atoms with E-state index in [0.29, 0.717) is 42.4 Å². The fourth-order valence-electron chi connectivity index (χ4n) is 11.1. The zero-order valence-electron chi connectivity index (χ0n) is 28.0. The molecule has 10 nitrogen and oxygen atoms in total. The van der Waals surface area contributed by atoms with Crippen LogP contribution in [0.3, 0.4) is 0 Å². The van der Waals surface area contributed by atoms with Crippen molar-refractivity contribution in [3.05, 3.63) is 0 Å². The molecule has 254 valence electrons. The molecule has 1 heterocycles. The Balaban J connectivity index is 1.15. The van der Waals surface area contributed by atoms with Crippen molar-refractivity contribution in [1.29, 1.82) is 0 Å². The Morgan fingerprint density at radius 3 is 2.24 bits per heavy atom. The number of amides is 1. The summed E-state index contributed by atoms with van der Waals surface area (Å²) >= 11 is 0. The Morgan fingerprint density at radius 2 is 1.56 bits per heavy atom. The fourth-order valence-corrected chi connectivity index (χ4v) is 11.1. The van der Waals surface area contributed by atoms with E-state index >= 15 is 0 Å². The first-order valence-electron chi connectivity index (χ1n) is 17.7. The number of methoxy groups -OCH3 is 1. The number of hydrogen-bond acceptors (Lipinski definition) is 9. The van der Waals surface area contributed by atoms with E-state index in [9.17, 15) is 14.4 Å². The van der Waals surface area contributed by atoms with Crippen molar-refractivity contribution in [2.75, 3.05) is 13.7 Å². The third kappa shape index (κ3) is 6.18. The third-order valence-electron chi connectivity index (χ3n) is 13.5. The van der Waals surface area contributed by atoms with E-state index in [1.165, 1.54) is 20.5 Å². The molecule has 0 aromatic heterocycles. The molecule has 5 saturated carbocycles. The van der Waals surface area contributed by atoms with Crippen LogP contribution < -0.4 is 5.32 Å². The van der Waals surface area contributed by atoms with Gasteiger partial charge in [-0.3, -0.25) is 14.4 Å². The molecule has 1 saturated heterocycles. The van der Waals surface area contributed by atoms with Gasteiger partial charge in [0.05, 0.1) is 7.11 Å². The number of ether oxygens (including phenoxy) is 2. The summed E-state index contributed by atoms with van der Waals surface area (Å²) in [6, 6.07) is 0. The van der Waals surface area contributed by atoms with Gasteiger partial charge in [0.25, 0.3) is 0 Å². The van der Waals surface area contributed by atoms with Crippen LogP contribution in [-0.2, 0) is 43.4 Å². The average Bonchev–Trinajstić information content (AvgIpc) is 3.38. The van der Waals surface area contributed by atoms with Crippen molar-refractivity contribution in [2.24, 2.45) is 46.3 Å². The molecule has 9 atom stereocenters. The molecule has 0 unspecified atom stereocenters. The molecule has 6 fully saturated rings. The lowest BCUT2D eigenvalue weighted by atomic mass is 9.43. The van der Waals surface area contributed by atoms with E-state index in [1.807, 2.05) is 0 Å². The highest BCUT2D eigenvalue weighted by atomic mass is 17.4. The summed E-state index contributed by atoms with van der Waals surface area (Å²) in [5.74, 6) is -0.0873. The van der Waals surface area contributed by atoms with E-state index in [0.717, 1.165) is 77.0 Å². The van der Waals surface area contributed by atoms with Crippen molar-refractivity contribution in [1.82, 2.24) is 5.32 Å². The zero-order valence-corrected chi connectivity index (χ0v) is 28.0. The number of hydrogen-bond donors (Lipinski definition) is 1. The van der Waals surface area contributed by atoms with Gasteiger partial charge < -0.3 is 14.8 Å².